The quantitative estimate of drug-likeness (QED) is 0.539. The number of hydrogen-bond donors (Lipinski definition) is 0. The predicted molar refractivity (Wildman–Crippen MR) is 137 cm³/mol. The Morgan fingerprint density at radius 2 is 1.86 bits per heavy atom. The van der Waals surface area contributed by atoms with Crippen molar-refractivity contribution in [2.24, 2.45) is 13.0 Å². The zero-order valence-corrected chi connectivity index (χ0v) is 21.0. The standard InChI is InChI=1S/C28H31N5O2/c1-6-28(3,4)19-7-10-21(11-8-19)35-24-13-14-33(17-18(24)2)26-22(16-30)27(34)32(5)23-12-9-20(15-29)31-25(23)26/h7-12,18,24H,6,13-14,17H2,1-5H3/t18-,24-/m0/s1. The van der Waals surface area contributed by atoms with Crippen molar-refractivity contribution in [1.29, 1.82) is 10.5 Å². The molecule has 0 N–H and O–H groups in total. The predicted octanol–water partition coefficient (Wildman–Crippen LogP) is 4.66. The summed E-state index contributed by atoms with van der Waals surface area (Å²) in [6.45, 7) is 10.0. The van der Waals surface area contributed by atoms with Crippen molar-refractivity contribution in [2.45, 2.75) is 52.1 Å². The van der Waals surface area contributed by atoms with Gasteiger partial charge in [0.05, 0.1) is 11.2 Å². The zero-order chi connectivity index (χ0) is 25.3. The molecular formula is C28H31N5O2. The number of benzene rings is 1. The number of fused-ring (bicyclic) bond motifs is 1. The minimum Gasteiger partial charge on any atom is -0.490 e. The molecular weight excluding hydrogens is 438 g/mol. The fourth-order valence-corrected chi connectivity index (χ4v) is 4.73. The molecule has 0 bridgehead atoms. The fourth-order valence-electron chi connectivity index (χ4n) is 4.73. The lowest BCUT2D eigenvalue weighted by molar-refractivity contribution is 0.121. The third kappa shape index (κ3) is 4.47. The van der Waals surface area contributed by atoms with Crippen LogP contribution in [0.1, 0.15) is 57.4 Å². The van der Waals surface area contributed by atoms with E-state index >= 15 is 0 Å². The lowest BCUT2D eigenvalue weighted by Gasteiger charge is -2.38. The van der Waals surface area contributed by atoms with Crippen LogP contribution >= 0.6 is 0 Å². The Kier molecular flexibility index (Phi) is 6.54. The molecule has 7 nitrogen and oxygen atoms in total. The van der Waals surface area contributed by atoms with Crippen molar-refractivity contribution < 1.29 is 4.74 Å². The van der Waals surface area contributed by atoms with Crippen LogP contribution in [0, 0.1) is 28.6 Å². The summed E-state index contributed by atoms with van der Waals surface area (Å²) in [7, 11) is 1.62. The first-order valence-electron chi connectivity index (χ1n) is 12.1. The summed E-state index contributed by atoms with van der Waals surface area (Å²) in [5.41, 5.74) is 2.99. The number of nitriles is 2. The Bertz CT molecular complexity index is 1390. The molecule has 0 saturated carbocycles. The van der Waals surface area contributed by atoms with Crippen molar-refractivity contribution in [2.75, 3.05) is 18.0 Å². The van der Waals surface area contributed by atoms with E-state index in [-0.39, 0.29) is 34.3 Å². The van der Waals surface area contributed by atoms with E-state index in [1.807, 2.05) is 17.0 Å². The number of aromatic nitrogens is 2. The van der Waals surface area contributed by atoms with Crippen LogP contribution in [0.25, 0.3) is 11.0 Å². The molecule has 4 rings (SSSR count). The first-order valence-corrected chi connectivity index (χ1v) is 12.1. The number of ether oxygens (including phenoxy) is 1. The van der Waals surface area contributed by atoms with E-state index in [9.17, 15) is 15.3 Å². The van der Waals surface area contributed by atoms with E-state index in [1.165, 1.54) is 10.1 Å². The molecule has 0 aliphatic carbocycles. The second kappa shape index (κ2) is 9.43. The Labute approximate surface area is 206 Å². The molecule has 3 heterocycles. The monoisotopic (exact) mass is 469 g/mol. The minimum absolute atomic E-state index is 0.0160. The van der Waals surface area contributed by atoms with Crippen LogP contribution in [0.4, 0.5) is 5.69 Å². The van der Waals surface area contributed by atoms with Gasteiger partial charge in [-0.15, -0.1) is 0 Å². The van der Waals surface area contributed by atoms with Gasteiger partial charge < -0.3 is 14.2 Å². The first-order chi connectivity index (χ1) is 16.7. The van der Waals surface area contributed by atoms with Crippen LogP contribution in [0.5, 0.6) is 5.75 Å². The van der Waals surface area contributed by atoms with Crippen molar-refractivity contribution in [3.05, 3.63) is 63.6 Å². The van der Waals surface area contributed by atoms with Crippen LogP contribution in [0.2, 0.25) is 0 Å². The maximum absolute atomic E-state index is 12.9. The Hall–Kier alpha value is -3.84. The number of aryl methyl sites for hydroxylation is 1. The molecule has 1 aliphatic rings. The van der Waals surface area contributed by atoms with E-state index in [0.29, 0.717) is 29.8 Å². The van der Waals surface area contributed by atoms with E-state index in [2.05, 4.69) is 57.0 Å². The minimum atomic E-state index is -0.359. The molecule has 0 spiro atoms. The van der Waals surface area contributed by atoms with Crippen LogP contribution in [-0.2, 0) is 12.5 Å². The average Bonchev–Trinajstić information content (AvgIpc) is 2.87. The topological polar surface area (TPSA) is 94.9 Å². The van der Waals surface area contributed by atoms with Gasteiger partial charge in [-0.05, 0) is 41.7 Å². The third-order valence-electron chi connectivity index (χ3n) is 7.39. The summed E-state index contributed by atoms with van der Waals surface area (Å²) in [6.07, 6.45) is 1.82. The summed E-state index contributed by atoms with van der Waals surface area (Å²) in [6, 6.07) is 15.8. The average molecular weight is 470 g/mol. The van der Waals surface area contributed by atoms with Gasteiger partial charge >= 0.3 is 0 Å². The lowest BCUT2D eigenvalue weighted by Crippen LogP contribution is -2.45. The van der Waals surface area contributed by atoms with Crippen molar-refractivity contribution in [1.82, 2.24) is 9.55 Å². The first kappa shape index (κ1) is 24.3. The summed E-state index contributed by atoms with van der Waals surface area (Å²) in [5, 5.41) is 19.2. The van der Waals surface area contributed by atoms with Crippen LogP contribution in [0.15, 0.2) is 41.2 Å². The van der Waals surface area contributed by atoms with Crippen LogP contribution < -0.4 is 15.2 Å². The molecule has 1 saturated heterocycles. The summed E-state index contributed by atoms with van der Waals surface area (Å²) < 4.78 is 7.79. The van der Waals surface area contributed by atoms with E-state index in [1.54, 1.807) is 19.2 Å². The second-order valence-electron chi connectivity index (χ2n) is 10.0. The highest BCUT2D eigenvalue weighted by molar-refractivity contribution is 5.92. The number of anilines is 1. The highest BCUT2D eigenvalue weighted by atomic mass is 16.5. The molecule has 0 amide bonds. The van der Waals surface area contributed by atoms with Gasteiger partial charge in [-0.2, -0.15) is 10.5 Å². The van der Waals surface area contributed by atoms with Gasteiger partial charge in [0.25, 0.3) is 5.56 Å². The lowest BCUT2D eigenvalue weighted by atomic mass is 9.82. The summed E-state index contributed by atoms with van der Waals surface area (Å²) in [4.78, 5) is 19.5. The summed E-state index contributed by atoms with van der Waals surface area (Å²) >= 11 is 0. The molecule has 1 aliphatic heterocycles. The maximum atomic E-state index is 12.9. The summed E-state index contributed by atoms with van der Waals surface area (Å²) in [5.74, 6) is 1.00. The van der Waals surface area contributed by atoms with Gasteiger partial charge in [0, 0.05) is 32.5 Å². The maximum Gasteiger partial charge on any atom is 0.270 e. The van der Waals surface area contributed by atoms with E-state index in [0.717, 1.165) is 18.6 Å². The highest BCUT2D eigenvalue weighted by Crippen LogP contribution is 2.33. The van der Waals surface area contributed by atoms with E-state index in [4.69, 9.17) is 4.74 Å². The fraction of sp³-hybridized carbons (Fsp3) is 0.429. The molecule has 1 aromatic carbocycles. The number of nitrogens with zero attached hydrogens (tertiary/aromatic N) is 5. The molecule has 0 unspecified atom stereocenters. The zero-order valence-electron chi connectivity index (χ0n) is 21.0. The largest absolute Gasteiger partial charge is 0.490 e. The van der Waals surface area contributed by atoms with Gasteiger partial charge in [-0.1, -0.05) is 39.8 Å². The van der Waals surface area contributed by atoms with Crippen LogP contribution in [0.3, 0.4) is 0 Å². The number of pyridine rings is 2. The van der Waals surface area contributed by atoms with Gasteiger partial charge in [0.1, 0.15) is 40.8 Å². The van der Waals surface area contributed by atoms with Gasteiger partial charge in [-0.25, -0.2) is 4.98 Å². The molecule has 0 radical (unpaired) electrons. The van der Waals surface area contributed by atoms with Gasteiger partial charge in [-0.3, -0.25) is 4.79 Å². The third-order valence-corrected chi connectivity index (χ3v) is 7.39. The molecule has 3 aromatic rings. The van der Waals surface area contributed by atoms with Crippen molar-refractivity contribution >= 4 is 16.7 Å². The van der Waals surface area contributed by atoms with Crippen molar-refractivity contribution in [3.63, 3.8) is 0 Å². The Balaban J connectivity index is 1.61. The number of hydrogen-bond acceptors (Lipinski definition) is 6. The van der Waals surface area contributed by atoms with Gasteiger partial charge in [0.15, 0.2) is 0 Å². The molecule has 180 valence electrons. The molecule has 2 aromatic heterocycles. The molecule has 7 heteroatoms. The smallest absolute Gasteiger partial charge is 0.270 e. The Morgan fingerprint density at radius 3 is 2.46 bits per heavy atom. The number of piperidine rings is 1. The number of rotatable bonds is 5. The Morgan fingerprint density at radius 1 is 1.14 bits per heavy atom. The molecule has 35 heavy (non-hydrogen) atoms. The molecule has 2 atom stereocenters. The SMILES string of the molecule is CCC(C)(C)c1ccc(O[C@H]2CCN(c3c(C#N)c(=O)n(C)c4ccc(C#N)nc34)C[C@@H]2C)cc1. The normalized spacial score (nSPS) is 18.2. The molecule has 1 fully saturated rings. The second-order valence-corrected chi connectivity index (χ2v) is 10.0. The van der Waals surface area contributed by atoms with Crippen molar-refractivity contribution in [3.8, 4) is 17.9 Å². The van der Waals surface area contributed by atoms with E-state index < -0.39 is 0 Å². The highest BCUT2D eigenvalue weighted by Gasteiger charge is 2.31. The van der Waals surface area contributed by atoms with Gasteiger partial charge in [0.2, 0.25) is 0 Å². The van der Waals surface area contributed by atoms with Crippen LogP contribution in [-0.4, -0.2) is 28.7 Å².